The minimum Gasteiger partial charge on any atom is -0.358 e. The van der Waals surface area contributed by atoms with Crippen LogP contribution >= 0.6 is 27.2 Å². The summed E-state index contributed by atoms with van der Waals surface area (Å²) >= 11 is 6.72. The molecule has 0 amide bonds. The molecule has 0 bridgehead atoms. The molecule has 0 nitrogen and oxygen atoms in total. The summed E-state index contributed by atoms with van der Waals surface area (Å²) in [6.07, 6.45) is 0. The van der Waals surface area contributed by atoms with Gasteiger partial charge in [0.15, 0.2) is 0 Å². The summed E-state index contributed by atoms with van der Waals surface area (Å²) in [6.45, 7) is 0. The largest absolute Gasteiger partial charge is 0.358 e. The molecule has 0 heterocycles. The van der Waals surface area contributed by atoms with E-state index < -0.39 is 0 Å². The van der Waals surface area contributed by atoms with Crippen molar-refractivity contribution < 1.29 is 13.2 Å². The number of halogens is 2. The van der Waals surface area contributed by atoms with Gasteiger partial charge < -0.3 is 7.43 Å². The summed E-state index contributed by atoms with van der Waals surface area (Å²) in [5.41, 5.74) is 0. The van der Waals surface area contributed by atoms with Crippen molar-refractivity contribution in [3.8, 4) is 0 Å². The van der Waals surface area contributed by atoms with Crippen molar-refractivity contribution >= 4 is 27.2 Å². The third-order valence-corrected chi connectivity index (χ3v) is 0.556. The Morgan fingerprint density at radius 3 is 1.56 bits per heavy atom. The van der Waals surface area contributed by atoms with Gasteiger partial charge in [0.1, 0.15) is 0 Å². The summed E-state index contributed by atoms with van der Waals surface area (Å²) in [7, 11) is 0. The fourth-order valence-corrected chi connectivity index (χ4v) is 0.321. The van der Waals surface area contributed by atoms with Crippen molar-refractivity contribution in [2.45, 2.75) is 0 Å². The molecule has 1 aromatic rings. The zero-order valence-electron chi connectivity index (χ0n) is 4.98. The maximum absolute atomic E-state index is 3.13. The first-order valence-corrected chi connectivity index (χ1v) is 9.41. The van der Waals surface area contributed by atoms with Crippen LogP contribution in [0, 0.1) is 7.43 Å². The normalized spacial score (nSPS) is 6.89. The van der Waals surface area contributed by atoms with Gasteiger partial charge in [-0.2, -0.15) is 18.2 Å². The zero-order valence-corrected chi connectivity index (χ0v) is 9.79. The van der Waals surface area contributed by atoms with Gasteiger partial charge in [0.2, 0.25) is 0 Å². The zero-order chi connectivity index (χ0) is 6.24. The number of rotatable bonds is 0. The Kier molecular flexibility index (Phi) is 16.4. The molecule has 57 valence electrons. The van der Waals surface area contributed by atoms with Gasteiger partial charge in [-0.15, -0.1) is 0 Å². The van der Waals surface area contributed by atoms with Crippen molar-refractivity contribution in [3.63, 3.8) is 0 Å². The van der Waals surface area contributed by atoms with Crippen LogP contribution in [0.4, 0.5) is 0 Å². The summed E-state index contributed by atoms with van der Waals surface area (Å²) in [4.78, 5) is 0. The van der Waals surface area contributed by atoms with Crippen molar-refractivity contribution in [2.75, 3.05) is 0 Å². The molecule has 0 aliphatic heterocycles. The van der Waals surface area contributed by atoms with E-state index in [1.165, 1.54) is 0 Å². The van der Waals surface area contributed by atoms with Crippen LogP contribution in [0.5, 0.6) is 0 Å². The molecule has 0 radical (unpaired) electrons. The van der Waals surface area contributed by atoms with Gasteiger partial charge in [0, 0.05) is 0 Å². The van der Waals surface area contributed by atoms with E-state index in [-0.39, 0.29) is 7.43 Å². The maximum atomic E-state index is 3.13. The molecule has 1 rings (SSSR count). The van der Waals surface area contributed by atoms with Crippen LogP contribution in [0.25, 0.3) is 0 Å². The van der Waals surface area contributed by atoms with Crippen LogP contribution in [-0.2, 0) is 13.2 Å². The molecular weight excluding hydrogens is 335 g/mol. The first-order chi connectivity index (χ1) is 3.91. The third-order valence-electron chi connectivity index (χ3n) is 0.556. The van der Waals surface area contributed by atoms with E-state index in [1.54, 1.807) is 0 Å². The second-order valence-electron chi connectivity index (χ2n) is 1.01. The average molecular weight is 343 g/mol. The van der Waals surface area contributed by atoms with Crippen molar-refractivity contribution in [2.24, 2.45) is 0 Å². The first kappa shape index (κ1) is 12.6. The molecule has 1 aromatic carbocycles. The maximum Gasteiger partial charge on any atom is -0.172 e. The molecule has 0 unspecified atom stereocenters. The van der Waals surface area contributed by atoms with Gasteiger partial charge in [-0.05, 0) is 0 Å². The topological polar surface area (TPSA) is 0 Å². The van der Waals surface area contributed by atoms with E-state index >= 15 is 0 Å². The van der Waals surface area contributed by atoms with E-state index in [0.717, 1.165) is 0 Å². The molecule has 0 atom stereocenters. The molecule has 0 aromatic heterocycles. The van der Waals surface area contributed by atoms with Gasteiger partial charge in [-0.1, -0.05) is 0 Å². The molecule has 0 aliphatic carbocycles. The van der Waals surface area contributed by atoms with Crippen LogP contribution < -0.4 is 0 Å². The molecule has 0 fully saturated rings. The van der Waals surface area contributed by atoms with Crippen LogP contribution in [0.1, 0.15) is 0 Å². The Balaban J connectivity index is 0. The van der Waals surface area contributed by atoms with E-state index in [1.807, 2.05) is 30.3 Å². The van der Waals surface area contributed by atoms with E-state index in [9.17, 15) is 0 Å². The molecule has 3 heteroatoms. The van der Waals surface area contributed by atoms with Crippen LogP contribution in [0.3, 0.4) is 0 Å². The van der Waals surface area contributed by atoms with Crippen LogP contribution in [-0.4, -0.2) is 0 Å². The molecule has 0 N–H and O–H groups in total. The minimum absolute atomic E-state index is 0. The van der Waals surface area contributed by atoms with E-state index in [2.05, 4.69) is 27.2 Å². The average Bonchev–Trinajstić information content (AvgIpc) is 2.17. The summed E-state index contributed by atoms with van der Waals surface area (Å²) in [5.74, 6) is 0. The van der Waals surface area contributed by atoms with Crippen molar-refractivity contribution in [3.05, 3.63) is 37.8 Å². The monoisotopic (exact) mass is 341 g/mol. The Morgan fingerprint density at radius 2 is 1.44 bits per heavy atom. The van der Waals surface area contributed by atoms with E-state index in [4.69, 9.17) is 0 Å². The SMILES string of the molecule is [Br][Rh][Br].[CH3-].c1cc[cH-]c1. The molecule has 0 saturated heterocycles. The molecule has 9 heavy (non-hydrogen) atoms. The molecule has 0 aliphatic rings. The predicted octanol–water partition coefficient (Wildman–Crippen LogP) is 3.54. The third kappa shape index (κ3) is 12.2. The smallest absolute Gasteiger partial charge is 0.172 e. The van der Waals surface area contributed by atoms with Crippen LogP contribution in [0.15, 0.2) is 30.3 Å². The quantitative estimate of drug-likeness (QED) is 0.499. The number of hydrogen-bond donors (Lipinski definition) is 0. The van der Waals surface area contributed by atoms with Crippen molar-refractivity contribution in [1.29, 1.82) is 0 Å². The fraction of sp³-hybridized carbons (Fsp3) is 0. The van der Waals surface area contributed by atoms with Gasteiger partial charge in [-0.25, -0.2) is 12.1 Å². The van der Waals surface area contributed by atoms with E-state index in [0.29, 0.717) is 13.2 Å². The molecule has 0 spiro atoms. The summed E-state index contributed by atoms with van der Waals surface area (Å²) in [6, 6.07) is 10.0. The van der Waals surface area contributed by atoms with Gasteiger partial charge in [0.05, 0.1) is 0 Å². The number of hydrogen-bond acceptors (Lipinski definition) is 0. The summed E-state index contributed by atoms with van der Waals surface area (Å²) in [5, 5.41) is 0. The second-order valence-corrected chi connectivity index (χ2v) is 8.57. The standard InChI is InChI=1S/C5H5.CH3.2BrH.Rh/c1-2-4-5-3-1;;;;/h1-5H;1H3;2*1H;/q2*-1;;;+2/p-2. The van der Waals surface area contributed by atoms with Gasteiger partial charge >= 0.3 is 40.5 Å². The van der Waals surface area contributed by atoms with Gasteiger partial charge in [0.25, 0.3) is 0 Å². The van der Waals surface area contributed by atoms with Crippen molar-refractivity contribution in [1.82, 2.24) is 0 Å². The predicted molar refractivity (Wildman–Crippen MR) is 46.3 cm³/mol. The fourth-order valence-electron chi connectivity index (χ4n) is 0.321. The Morgan fingerprint density at radius 1 is 1.11 bits per heavy atom. The molecule has 0 saturated carbocycles. The minimum atomic E-state index is 0. The van der Waals surface area contributed by atoms with Gasteiger partial charge in [-0.3, -0.25) is 0 Å². The Bertz CT molecular complexity index is 78.0. The first-order valence-electron chi connectivity index (χ1n) is 1.92. The Hall–Kier alpha value is 0.933. The second kappa shape index (κ2) is 11.7. The van der Waals surface area contributed by atoms with Crippen LogP contribution in [0.2, 0.25) is 0 Å². The summed E-state index contributed by atoms with van der Waals surface area (Å²) < 4.78 is 0. The Labute approximate surface area is 77.7 Å². The molecular formula is C6H8Br2Rh-2.